The molecular formula is C29H46N2O4S. The molecule has 2 rings (SSSR count). The number of β-amino-alcohol motifs (C(OH)–C–C–N with tert-alkyl or cyclic N) is 1. The molecule has 202 valence electrons. The van der Waals surface area contributed by atoms with Gasteiger partial charge in [-0.2, -0.15) is 0 Å². The number of hydrogen-bond donors (Lipinski definition) is 2. The quantitative estimate of drug-likeness (QED) is 0.321. The molecule has 1 aliphatic rings. The van der Waals surface area contributed by atoms with Crippen LogP contribution in [0.5, 0.6) is 0 Å². The Bertz CT molecular complexity index is 1020. The summed E-state index contributed by atoms with van der Waals surface area (Å²) in [5.41, 5.74) is 2.15. The third-order valence-electron chi connectivity index (χ3n) is 6.52. The van der Waals surface area contributed by atoms with Gasteiger partial charge in [0.1, 0.15) is 0 Å². The Balaban J connectivity index is 2.22. The largest absolute Gasteiger partial charge is 0.387 e. The average Bonchev–Trinajstić information content (AvgIpc) is 2.81. The molecule has 0 bridgehead atoms. The average molecular weight is 519 g/mol. The molecular weight excluding hydrogens is 472 g/mol. The molecule has 0 spiro atoms. The molecule has 1 saturated heterocycles. The SMILES string of the molecule is C=C(C=CC(=CC(C)CC)C(C)C)N(CC(C)C)S(=O)(=O)c1ccc(C(O)CNC2(C)COC2)cc1. The molecule has 0 saturated carbocycles. The van der Waals surface area contributed by atoms with Gasteiger partial charge in [0.15, 0.2) is 0 Å². The van der Waals surface area contributed by atoms with Crippen LogP contribution >= 0.6 is 0 Å². The number of aliphatic hydroxyl groups excluding tert-OH is 1. The molecule has 2 unspecified atom stereocenters. The summed E-state index contributed by atoms with van der Waals surface area (Å²) in [5.74, 6) is 0.894. The Labute approximate surface area is 219 Å². The van der Waals surface area contributed by atoms with Crippen molar-refractivity contribution in [1.82, 2.24) is 9.62 Å². The van der Waals surface area contributed by atoms with Gasteiger partial charge in [-0.3, -0.25) is 4.31 Å². The smallest absolute Gasteiger partial charge is 0.264 e. The van der Waals surface area contributed by atoms with E-state index in [1.165, 1.54) is 9.88 Å². The van der Waals surface area contributed by atoms with E-state index in [1.807, 2.05) is 32.9 Å². The summed E-state index contributed by atoms with van der Waals surface area (Å²) in [6, 6.07) is 6.48. The minimum absolute atomic E-state index is 0.116. The predicted octanol–water partition coefficient (Wildman–Crippen LogP) is 5.44. The lowest BCUT2D eigenvalue weighted by Crippen LogP contribution is -2.58. The Kier molecular flexibility index (Phi) is 11.0. The first-order chi connectivity index (χ1) is 16.8. The highest BCUT2D eigenvalue weighted by Gasteiger charge is 2.33. The van der Waals surface area contributed by atoms with Crippen LogP contribution in [-0.2, 0) is 14.8 Å². The minimum Gasteiger partial charge on any atom is -0.387 e. The second-order valence-corrected chi connectivity index (χ2v) is 12.8. The first-order valence-electron chi connectivity index (χ1n) is 13.0. The van der Waals surface area contributed by atoms with Crippen molar-refractivity contribution in [3.05, 3.63) is 65.9 Å². The van der Waals surface area contributed by atoms with E-state index in [2.05, 4.69) is 45.7 Å². The Hall–Kier alpha value is -1.93. The van der Waals surface area contributed by atoms with Crippen LogP contribution in [-0.4, -0.2) is 49.7 Å². The zero-order valence-corrected chi connectivity index (χ0v) is 23.9. The van der Waals surface area contributed by atoms with Crippen molar-refractivity contribution in [3.63, 3.8) is 0 Å². The van der Waals surface area contributed by atoms with Crippen LogP contribution in [0.25, 0.3) is 0 Å². The molecule has 1 aliphatic heterocycles. The number of aliphatic hydroxyl groups is 1. The highest BCUT2D eigenvalue weighted by atomic mass is 32.2. The van der Waals surface area contributed by atoms with Gasteiger partial charge in [-0.25, -0.2) is 8.42 Å². The highest BCUT2D eigenvalue weighted by molar-refractivity contribution is 7.89. The monoisotopic (exact) mass is 518 g/mol. The summed E-state index contributed by atoms with van der Waals surface area (Å²) in [6.07, 6.45) is 6.35. The number of nitrogens with one attached hydrogen (secondary N) is 1. The van der Waals surface area contributed by atoms with Crippen molar-refractivity contribution >= 4 is 10.0 Å². The van der Waals surface area contributed by atoms with Gasteiger partial charge in [0.25, 0.3) is 10.0 Å². The predicted molar refractivity (Wildman–Crippen MR) is 148 cm³/mol. The lowest BCUT2D eigenvalue weighted by Gasteiger charge is -2.39. The van der Waals surface area contributed by atoms with Crippen LogP contribution in [0.1, 0.15) is 66.6 Å². The fourth-order valence-corrected chi connectivity index (χ4v) is 5.42. The first kappa shape index (κ1) is 30.3. The molecule has 2 atom stereocenters. The van der Waals surface area contributed by atoms with Crippen LogP contribution in [0.15, 0.2) is 65.2 Å². The highest BCUT2D eigenvalue weighted by Crippen LogP contribution is 2.25. The lowest BCUT2D eigenvalue weighted by molar-refractivity contribution is -0.0679. The second kappa shape index (κ2) is 13.0. The molecule has 6 nitrogen and oxygen atoms in total. The minimum atomic E-state index is -3.81. The van der Waals surface area contributed by atoms with Gasteiger partial charge in [-0.05, 0) is 54.0 Å². The van der Waals surface area contributed by atoms with Crippen LogP contribution in [0.4, 0.5) is 0 Å². The third-order valence-corrected chi connectivity index (χ3v) is 8.36. The molecule has 36 heavy (non-hydrogen) atoms. The number of nitrogens with zero attached hydrogens (tertiary/aromatic N) is 1. The topological polar surface area (TPSA) is 78.9 Å². The van der Waals surface area contributed by atoms with Gasteiger partial charge in [0.05, 0.1) is 29.8 Å². The Morgan fingerprint density at radius 1 is 1.17 bits per heavy atom. The number of rotatable bonds is 14. The van der Waals surface area contributed by atoms with Gasteiger partial charge >= 0.3 is 0 Å². The van der Waals surface area contributed by atoms with Gasteiger partial charge in [0.2, 0.25) is 0 Å². The van der Waals surface area contributed by atoms with Crippen LogP contribution in [0.2, 0.25) is 0 Å². The van der Waals surface area contributed by atoms with E-state index in [4.69, 9.17) is 4.74 Å². The molecule has 2 N–H and O–H groups in total. The molecule has 1 fully saturated rings. The van der Waals surface area contributed by atoms with Crippen molar-refractivity contribution in [1.29, 1.82) is 0 Å². The number of benzene rings is 1. The molecule has 1 heterocycles. The maximum Gasteiger partial charge on any atom is 0.264 e. The van der Waals surface area contributed by atoms with E-state index in [9.17, 15) is 13.5 Å². The molecule has 7 heteroatoms. The van der Waals surface area contributed by atoms with Crippen molar-refractivity contribution in [2.45, 2.75) is 71.4 Å². The number of ether oxygens (including phenoxy) is 1. The van der Waals surface area contributed by atoms with Crippen LogP contribution < -0.4 is 5.32 Å². The summed E-state index contributed by atoms with van der Waals surface area (Å²) in [5, 5.41) is 13.9. The van der Waals surface area contributed by atoms with Gasteiger partial charge < -0.3 is 15.2 Å². The Morgan fingerprint density at radius 2 is 1.78 bits per heavy atom. The lowest BCUT2D eigenvalue weighted by atomic mass is 9.96. The molecule has 0 aliphatic carbocycles. The summed E-state index contributed by atoms with van der Waals surface area (Å²) < 4.78 is 33.9. The maximum atomic E-state index is 13.6. The van der Waals surface area contributed by atoms with E-state index in [1.54, 1.807) is 24.3 Å². The molecule has 0 aromatic heterocycles. The number of sulfonamides is 1. The number of hydrogen-bond acceptors (Lipinski definition) is 5. The fraction of sp³-hybridized carbons (Fsp3) is 0.586. The Morgan fingerprint density at radius 3 is 2.25 bits per heavy atom. The molecule has 0 radical (unpaired) electrons. The summed E-state index contributed by atoms with van der Waals surface area (Å²) in [7, 11) is -3.81. The van der Waals surface area contributed by atoms with E-state index in [0.29, 0.717) is 49.4 Å². The summed E-state index contributed by atoms with van der Waals surface area (Å²) in [4.78, 5) is 0.181. The zero-order valence-electron chi connectivity index (χ0n) is 23.1. The normalized spacial score (nSPS) is 17.9. The van der Waals surface area contributed by atoms with E-state index < -0.39 is 16.1 Å². The molecule has 0 amide bonds. The third kappa shape index (κ3) is 8.30. The van der Waals surface area contributed by atoms with Crippen molar-refractivity contribution in [3.8, 4) is 0 Å². The first-order valence-corrected chi connectivity index (χ1v) is 14.4. The van der Waals surface area contributed by atoms with Gasteiger partial charge in [-0.1, -0.05) is 78.8 Å². The van der Waals surface area contributed by atoms with Crippen LogP contribution in [0, 0.1) is 17.8 Å². The standard InChI is InChI=1S/C29H46N2O4S/c1-9-23(6)16-26(22(4)5)11-10-24(7)31(18-21(2)3)36(33,34)27-14-12-25(13-15-27)28(32)17-30-29(8)19-35-20-29/h10-16,21-23,28,30,32H,7,9,17-20H2,1-6,8H3. The van der Waals surface area contributed by atoms with Gasteiger partial charge in [-0.15, -0.1) is 0 Å². The van der Waals surface area contributed by atoms with Gasteiger partial charge in [0, 0.05) is 18.8 Å². The fourth-order valence-electron chi connectivity index (χ4n) is 3.82. The van der Waals surface area contributed by atoms with Crippen LogP contribution in [0.3, 0.4) is 0 Å². The van der Waals surface area contributed by atoms with E-state index >= 15 is 0 Å². The van der Waals surface area contributed by atoms with Crippen molar-refractivity contribution < 1.29 is 18.3 Å². The molecule has 1 aromatic rings. The summed E-state index contributed by atoms with van der Waals surface area (Å²) in [6.45, 7) is 20.7. The van der Waals surface area contributed by atoms with E-state index in [0.717, 1.165) is 6.42 Å². The van der Waals surface area contributed by atoms with Crippen molar-refractivity contribution in [2.75, 3.05) is 26.3 Å². The number of allylic oxidation sites excluding steroid dienone is 4. The van der Waals surface area contributed by atoms with Crippen molar-refractivity contribution in [2.24, 2.45) is 17.8 Å². The van der Waals surface area contributed by atoms with E-state index in [-0.39, 0.29) is 16.4 Å². The molecule has 1 aromatic carbocycles. The summed E-state index contributed by atoms with van der Waals surface area (Å²) >= 11 is 0. The maximum absolute atomic E-state index is 13.6. The zero-order chi connectivity index (χ0) is 27.1. The second-order valence-electron chi connectivity index (χ2n) is 11.0.